The minimum absolute atomic E-state index is 0.487. The van der Waals surface area contributed by atoms with Crippen LogP contribution >= 0.6 is 15.9 Å². The van der Waals surface area contributed by atoms with Gasteiger partial charge in [-0.2, -0.15) is 0 Å². The van der Waals surface area contributed by atoms with E-state index in [1.165, 1.54) is 0 Å². The van der Waals surface area contributed by atoms with Crippen molar-refractivity contribution in [2.75, 3.05) is 18.4 Å². The number of halogens is 1. The number of aryl methyl sites for hydroxylation is 1. The van der Waals surface area contributed by atoms with Gasteiger partial charge in [-0.15, -0.1) is 0 Å². The Morgan fingerprint density at radius 3 is 3.21 bits per heavy atom. The molecule has 0 aromatic carbocycles. The Kier molecular flexibility index (Phi) is 2.98. The minimum Gasteiger partial charge on any atom is -0.365 e. The number of hydrogen-bond donors (Lipinski definition) is 2. The Bertz CT molecular complexity index is 323. The Morgan fingerprint density at radius 2 is 2.50 bits per heavy atom. The van der Waals surface area contributed by atoms with E-state index in [1.807, 2.05) is 6.92 Å². The van der Waals surface area contributed by atoms with Gasteiger partial charge in [0, 0.05) is 18.8 Å². The molecule has 14 heavy (non-hydrogen) atoms. The molecule has 1 aromatic heterocycles. The van der Waals surface area contributed by atoms with E-state index in [-0.39, 0.29) is 0 Å². The summed E-state index contributed by atoms with van der Waals surface area (Å²) < 4.78 is 0.926. The maximum atomic E-state index is 4.34. The lowest BCUT2D eigenvalue weighted by Crippen LogP contribution is -2.23. The molecule has 0 radical (unpaired) electrons. The highest BCUT2D eigenvalue weighted by atomic mass is 79.9. The normalized spacial score (nSPS) is 21.1. The van der Waals surface area contributed by atoms with Crippen LogP contribution in [0.4, 0.5) is 5.82 Å². The van der Waals surface area contributed by atoms with Gasteiger partial charge in [0.2, 0.25) is 0 Å². The smallest absolute Gasteiger partial charge is 0.144 e. The Labute approximate surface area is 91.7 Å². The van der Waals surface area contributed by atoms with Crippen LogP contribution in [0.5, 0.6) is 0 Å². The molecule has 76 valence electrons. The van der Waals surface area contributed by atoms with Crippen LogP contribution in [0.2, 0.25) is 0 Å². The molecule has 1 aromatic rings. The second-order valence-electron chi connectivity index (χ2n) is 3.45. The average molecular weight is 257 g/mol. The molecular weight excluding hydrogens is 244 g/mol. The van der Waals surface area contributed by atoms with E-state index >= 15 is 0 Å². The van der Waals surface area contributed by atoms with Gasteiger partial charge in [0.05, 0.1) is 4.47 Å². The van der Waals surface area contributed by atoms with E-state index in [0.29, 0.717) is 6.04 Å². The molecular formula is C9H13BrN4. The van der Waals surface area contributed by atoms with Crippen LogP contribution in [0.25, 0.3) is 0 Å². The fraction of sp³-hybridized carbons (Fsp3) is 0.556. The highest BCUT2D eigenvalue weighted by molar-refractivity contribution is 9.10. The van der Waals surface area contributed by atoms with Crippen molar-refractivity contribution >= 4 is 21.7 Å². The Hall–Kier alpha value is -0.680. The van der Waals surface area contributed by atoms with Crippen LogP contribution in [-0.2, 0) is 0 Å². The van der Waals surface area contributed by atoms with E-state index < -0.39 is 0 Å². The number of nitrogens with zero attached hydrogens (tertiary/aromatic N) is 2. The average Bonchev–Trinajstić information content (AvgIpc) is 2.64. The maximum Gasteiger partial charge on any atom is 0.144 e. The summed E-state index contributed by atoms with van der Waals surface area (Å²) in [4.78, 5) is 8.44. The topological polar surface area (TPSA) is 49.8 Å². The predicted molar refractivity (Wildman–Crippen MR) is 59.4 cm³/mol. The highest BCUT2D eigenvalue weighted by Crippen LogP contribution is 2.20. The fourth-order valence-electron chi connectivity index (χ4n) is 1.53. The molecule has 4 nitrogen and oxygen atoms in total. The van der Waals surface area contributed by atoms with Crippen molar-refractivity contribution in [3.05, 3.63) is 16.5 Å². The second-order valence-corrected chi connectivity index (χ2v) is 4.30. The molecule has 0 aliphatic carbocycles. The predicted octanol–water partition coefficient (Wildman–Crippen LogP) is 1.32. The summed E-state index contributed by atoms with van der Waals surface area (Å²) in [6.07, 6.45) is 2.93. The summed E-state index contributed by atoms with van der Waals surface area (Å²) in [6, 6.07) is 0.487. The molecule has 1 unspecified atom stereocenters. The van der Waals surface area contributed by atoms with Crippen molar-refractivity contribution < 1.29 is 0 Å². The molecule has 1 aliphatic heterocycles. The zero-order chi connectivity index (χ0) is 9.97. The van der Waals surface area contributed by atoms with Crippen LogP contribution in [0.3, 0.4) is 0 Å². The van der Waals surface area contributed by atoms with Gasteiger partial charge in [0.15, 0.2) is 0 Å². The van der Waals surface area contributed by atoms with Crippen molar-refractivity contribution in [3.63, 3.8) is 0 Å². The van der Waals surface area contributed by atoms with Crippen molar-refractivity contribution in [2.24, 2.45) is 0 Å². The first kappa shape index (κ1) is 9.86. The molecule has 5 heteroatoms. The minimum atomic E-state index is 0.487. The number of aromatic nitrogens is 2. The number of anilines is 1. The summed E-state index contributed by atoms with van der Waals surface area (Å²) in [5, 5.41) is 6.69. The Morgan fingerprint density at radius 1 is 1.64 bits per heavy atom. The van der Waals surface area contributed by atoms with Crippen LogP contribution in [0.1, 0.15) is 12.2 Å². The van der Waals surface area contributed by atoms with Crippen LogP contribution < -0.4 is 10.6 Å². The van der Waals surface area contributed by atoms with Crippen LogP contribution in [0, 0.1) is 6.92 Å². The van der Waals surface area contributed by atoms with Gasteiger partial charge < -0.3 is 10.6 Å². The molecule has 2 rings (SSSR count). The van der Waals surface area contributed by atoms with E-state index in [4.69, 9.17) is 0 Å². The van der Waals surface area contributed by atoms with Gasteiger partial charge in [-0.3, -0.25) is 0 Å². The summed E-state index contributed by atoms with van der Waals surface area (Å²) in [6.45, 7) is 3.99. The van der Waals surface area contributed by atoms with Crippen molar-refractivity contribution in [1.29, 1.82) is 0 Å². The zero-order valence-electron chi connectivity index (χ0n) is 8.05. The van der Waals surface area contributed by atoms with Gasteiger partial charge in [-0.05, 0) is 35.8 Å². The van der Waals surface area contributed by atoms with Crippen molar-refractivity contribution in [3.8, 4) is 0 Å². The SMILES string of the molecule is Cc1ncc(Br)c(NC2CCNC2)n1. The lowest BCUT2D eigenvalue weighted by atomic mass is 10.2. The lowest BCUT2D eigenvalue weighted by molar-refractivity contribution is 0.784. The summed E-state index contributed by atoms with van der Waals surface area (Å²) in [5.74, 6) is 1.69. The molecule has 1 atom stereocenters. The molecule has 0 saturated carbocycles. The van der Waals surface area contributed by atoms with Gasteiger partial charge in [-0.1, -0.05) is 0 Å². The first-order valence-electron chi connectivity index (χ1n) is 4.72. The summed E-state index contributed by atoms with van der Waals surface area (Å²) >= 11 is 3.43. The van der Waals surface area contributed by atoms with E-state index in [9.17, 15) is 0 Å². The van der Waals surface area contributed by atoms with Gasteiger partial charge in [-0.25, -0.2) is 9.97 Å². The fourth-order valence-corrected chi connectivity index (χ4v) is 1.83. The highest BCUT2D eigenvalue weighted by Gasteiger charge is 2.15. The van der Waals surface area contributed by atoms with Gasteiger partial charge >= 0.3 is 0 Å². The van der Waals surface area contributed by atoms with Crippen LogP contribution in [0.15, 0.2) is 10.7 Å². The number of hydrogen-bond acceptors (Lipinski definition) is 4. The third kappa shape index (κ3) is 2.22. The zero-order valence-corrected chi connectivity index (χ0v) is 9.63. The molecule has 0 amide bonds. The molecule has 0 bridgehead atoms. The standard InChI is InChI=1S/C9H13BrN4/c1-6-12-5-8(10)9(13-6)14-7-2-3-11-4-7/h5,7,11H,2-4H2,1H3,(H,12,13,14). The number of rotatable bonds is 2. The van der Waals surface area contributed by atoms with Gasteiger partial charge in [0.1, 0.15) is 11.6 Å². The molecule has 1 saturated heterocycles. The Balaban J connectivity index is 2.10. The summed E-state index contributed by atoms with van der Waals surface area (Å²) in [7, 11) is 0. The lowest BCUT2D eigenvalue weighted by Gasteiger charge is -2.13. The summed E-state index contributed by atoms with van der Waals surface area (Å²) in [5.41, 5.74) is 0. The largest absolute Gasteiger partial charge is 0.365 e. The van der Waals surface area contributed by atoms with E-state index in [1.54, 1.807) is 6.20 Å². The quantitative estimate of drug-likeness (QED) is 0.839. The van der Waals surface area contributed by atoms with Crippen LogP contribution in [-0.4, -0.2) is 29.1 Å². The van der Waals surface area contributed by atoms with E-state index in [2.05, 4.69) is 36.5 Å². The van der Waals surface area contributed by atoms with Gasteiger partial charge in [0.25, 0.3) is 0 Å². The molecule has 0 spiro atoms. The number of nitrogens with one attached hydrogen (secondary N) is 2. The first-order valence-corrected chi connectivity index (χ1v) is 5.51. The third-order valence-electron chi connectivity index (χ3n) is 2.27. The van der Waals surface area contributed by atoms with Crippen molar-refractivity contribution in [2.45, 2.75) is 19.4 Å². The first-order chi connectivity index (χ1) is 6.75. The molecule has 2 heterocycles. The van der Waals surface area contributed by atoms with E-state index in [0.717, 1.165) is 35.6 Å². The monoisotopic (exact) mass is 256 g/mol. The molecule has 1 fully saturated rings. The molecule has 2 N–H and O–H groups in total. The maximum absolute atomic E-state index is 4.34. The van der Waals surface area contributed by atoms with Crippen molar-refractivity contribution in [1.82, 2.24) is 15.3 Å². The third-order valence-corrected chi connectivity index (χ3v) is 2.85. The molecule has 1 aliphatic rings. The second kappa shape index (κ2) is 4.23.